The molecule has 1 aromatic rings. The number of rotatable bonds is 5. The maximum Gasteiger partial charge on any atom is 0.230 e. The van der Waals surface area contributed by atoms with Crippen LogP contribution >= 0.6 is 11.6 Å². The number of halogens is 1. The van der Waals surface area contributed by atoms with E-state index in [4.69, 9.17) is 11.6 Å². The van der Waals surface area contributed by atoms with Crippen molar-refractivity contribution in [3.05, 3.63) is 5.28 Å². The maximum atomic E-state index is 5.90. The van der Waals surface area contributed by atoms with Crippen LogP contribution in [0.4, 0.5) is 11.9 Å². The standard InChI is InChI=1S/C12H20ClN5/c1-4-12(6-5-7-12)8-14-10-15-9(13)16-11(17-10)18(2)3/h4-8H2,1-3H3,(H,14,15,16,17). The average Bonchev–Trinajstić information content (AvgIpc) is 2.27. The molecule has 1 aliphatic rings. The summed E-state index contributed by atoms with van der Waals surface area (Å²) in [4.78, 5) is 14.3. The lowest BCUT2D eigenvalue weighted by atomic mass is 9.67. The van der Waals surface area contributed by atoms with E-state index in [1.165, 1.54) is 25.7 Å². The zero-order valence-electron chi connectivity index (χ0n) is 11.2. The monoisotopic (exact) mass is 269 g/mol. The molecule has 1 saturated carbocycles. The zero-order chi connectivity index (χ0) is 13.2. The third kappa shape index (κ3) is 2.83. The Hall–Kier alpha value is -1.10. The topological polar surface area (TPSA) is 53.9 Å². The molecular weight excluding hydrogens is 250 g/mol. The van der Waals surface area contributed by atoms with Gasteiger partial charge in [-0.05, 0) is 36.3 Å². The Morgan fingerprint density at radius 3 is 2.50 bits per heavy atom. The molecule has 1 fully saturated rings. The van der Waals surface area contributed by atoms with Crippen LogP contribution in [0.25, 0.3) is 0 Å². The molecule has 0 bridgehead atoms. The molecule has 1 N–H and O–H groups in total. The normalized spacial score (nSPS) is 17.1. The minimum absolute atomic E-state index is 0.232. The summed E-state index contributed by atoms with van der Waals surface area (Å²) in [5, 5.41) is 3.53. The summed E-state index contributed by atoms with van der Waals surface area (Å²) in [5.74, 6) is 1.15. The van der Waals surface area contributed by atoms with Gasteiger partial charge < -0.3 is 10.2 Å². The third-order valence-corrected chi connectivity index (χ3v) is 3.95. The van der Waals surface area contributed by atoms with Crippen molar-refractivity contribution in [3.63, 3.8) is 0 Å². The van der Waals surface area contributed by atoms with Gasteiger partial charge in [0.1, 0.15) is 0 Å². The van der Waals surface area contributed by atoms with Crippen molar-refractivity contribution in [3.8, 4) is 0 Å². The first-order valence-electron chi connectivity index (χ1n) is 6.37. The molecule has 1 heterocycles. The van der Waals surface area contributed by atoms with Crippen LogP contribution in [0.15, 0.2) is 0 Å². The van der Waals surface area contributed by atoms with E-state index in [-0.39, 0.29) is 5.28 Å². The van der Waals surface area contributed by atoms with Gasteiger partial charge in [0.2, 0.25) is 17.2 Å². The Balaban J connectivity index is 2.05. The van der Waals surface area contributed by atoms with Gasteiger partial charge in [-0.2, -0.15) is 15.0 Å². The first-order valence-corrected chi connectivity index (χ1v) is 6.75. The number of hydrogen-bond acceptors (Lipinski definition) is 5. The van der Waals surface area contributed by atoms with Crippen molar-refractivity contribution >= 4 is 23.5 Å². The van der Waals surface area contributed by atoms with Gasteiger partial charge in [0.15, 0.2) is 0 Å². The van der Waals surface area contributed by atoms with E-state index in [2.05, 4.69) is 27.2 Å². The van der Waals surface area contributed by atoms with Gasteiger partial charge in [0.25, 0.3) is 0 Å². The molecule has 0 atom stereocenters. The highest BCUT2D eigenvalue weighted by molar-refractivity contribution is 6.28. The number of aromatic nitrogens is 3. The molecule has 6 heteroatoms. The highest BCUT2D eigenvalue weighted by atomic mass is 35.5. The Bertz CT molecular complexity index is 411. The molecule has 0 saturated heterocycles. The van der Waals surface area contributed by atoms with Crippen LogP contribution in [-0.2, 0) is 0 Å². The Labute approximate surface area is 113 Å². The minimum atomic E-state index is 0.232. The highest BCUT2D eigenvalue weighted by Gasteiger charge is 2.34. The van der Waals surface area contributed by atoms with E-state index in [9.17, 15) is 0 Å². The molecule has 18 heavy (non-hydrogen) atoms. The van der Waals surface area contributed by atoms with Crippen molar-refractivity contribution in [2.24, 2.45) is 5.41 Å². The van der Waals surface area contributed by atoms with Crippen LogP contribution in [0.2, 0.25) is 5.28 Å². The van der Waals surface area contributed by atoms with Crippen LogP contribution in [-0.4, -0.2) is 35.6 Å². The number of nitrogens with zero attached hydrogens (tertiary/aromatic N) is 4. The van der Waals surface area contributed by atoms with E-state index >= 15 is 0 Å². The summed E-state index contributed by atoms with van der Waals surface area (Å²) in [5.41, 5.74) is 0.428. The van der Waals surface area contributed by atoms with Crippen molar-refractivity contribution in [2.45, 2.75) is 32.6 Å². The van der Waals surface area contributed by atoms with Gasteiger partial charge in [-0.15, -0.1) is 0 Å². The molecule has 5 nitrogen and oxygen atoms in total. The smallest absolute Gasteiger partial charge is 0.230 e. The molecule has 0 aromatic carbocycles. The van der Waals surface area contributed by atoms with Crippen molar-refractivity contribution < 1.29 is 0 Å². The molecule has 1 aromatic heterocycles. The lowest BCUT2D eigenvalue weighted by molar-refractivity contribution is 0.144. The summed E-state index contributed by atoms with van der Waals surface area (Å²) in [6.45, 7) is 3.16. The second-order valence-electron chi connectivity index (χ2n) is 5.18. The molecular formula is C12H20ClN5. The Morgan fingerprint density at radius 2 is 2.00 bits per heavy atom. The Morgan fingerprint density at radius 1 is 1.28 bits per heavy atom. The summed E-state index contributed by atoms with van der Waals surface area (Å²) < 4.78 is 0. The van der Waals surface area contributed by atoms with Crippen LogP contribution < -0.4 is 10.2 Å². The number of anilines is 2. The molecule has 0 spiro atoms. The SMILES string of the molecule is CCC1(CNc2nc(Cl)nc(N(C)C)n2)CCC1. The van der Waals surface area contributed by atoms with Crippen LogP contribution in [0, 0.1) is 5.41 Å². The van der Waals surface area contributed by atoms with E-state index in [1.54, 1.807) is 0 Å². The third-order valence-electron chi connectivity index (χ3n) is 3.78. The molecule has 100 valence electrons. The average molecular weight is 270 g/mol. The zero-order valence-corrected chi connectivity index (χ0v) is 12.0. The molecule has 1 aliphatic carbocycles. The van der Waals surface area contributed by atoms with E-state index < -0.39 is 0 Å². The van der Waals surface area contributed by atoms with Crippen LogP contribution in [0.1, 0.15) is 32.6 Å². The lowest BCUT2D eigenvalue weighted by Crippen LogP contribution is -2.36. The van der Waals surface area contributed by atoms with Gasteiger partial charge in [-0.25, -0.2) is 0 Å². The van der Waals surface area contributed by atoms with Gasteiger partial charge in [0.05, 0.1) is 0 Å². The van der Waals surface area contributed by atoms with E-state index in [1.807, 2.05) is 19.0 Å². The van der Waals surface area contributed by atoms with Gasteiger partial charge in [-0.3, -0.25) is 0 Å². The molecule has 0 radical (unpaired) electrons. The first-order chi connectivity index (χ1) is 8.54. The van der Waals surface area contributed by atoms with Crippen LogP contribution in [0.5, 0.6) is 0 Å². The predicted octanol–water partition coefficient (Wildman–Crippen LogP) is 2.58. The van der Waals surface area contributed by atoms with Gasteiger partial charge >= 0.3 is 0 Å². The molecule has 0 aliphatic heterocycles. The number of nitrogens with one attached hydrogen (secondary N) is 1. The van der Waals surface area contributed by atoms with Gasteiger partial charge in [-0.1, -0.05) is 13.3 Å². The fourth-order valence-electron chi connectivity index (χ4n) is 2.22. The highest BCUT2D eigenvalue weighted by Crippen LogP contribution is 2.43. The predicted molar refractivity (Wildman–Crippen MR) is 74.2 cm³/mol. The fraction of sp³-hybridized carbons (Fsp3) is 0.750. The largest absolute Gasteiger partial charge is 0.353 e. The summed E-state index contributed by atoms with van der Waals surface area (Å²) in [7, 11) is 3.77. The van der Waals surface area contributed by atoms with Crippen molar-refractivity contribution in [1.82, 2.24) is 15.0 Å². The van der Waals surface area contributed by atoms with Gasteiger partial charge in [0, 0.05) is 20.6 Å². The Kier molecular flexibility index (Phi) is 3.90. The summed E-state index contributed by atoms with van der Waals surface area (Å²) in [6.07, 6.45) is 5.10. The van der Waals surface area contributed by atoms with E-state index in [0.717, 1.165) is 6.54 Å². The second-order valence-corrected chi connectivity index (χ2v) is 5.52. The maximum absolute atomic E-state index is 5.90. The minimum Gasteiger partial charge on any atom is -0.353 e. The molecule has 0 amide bonds. The van der Waals surface area contributed by atoms with Crippen molar-refractivity contribution in [1.29, 1.82) is 0 Å². The van der Waals surface area contributed by atoms with E-state index in [0.29, 0.717) is 17.3 Å². The van der Waals surface area contributed by atoms with Crippen LogP contribution in [0.3, 0.4) is 0 Å². The quantitative estimate of drug-likeness (QED) is 0.890. The fourth-order valence-corrected chi connectivity index (χ4v) is 2.37. The van der Waals surface area contributed by atoms with Crippen molar-refractivity contribution in [2.75, 3.05) is 30.9 Å². The molecule has 2 rings (SSSR count). The lowest BCUT2D eigenvalue weighted by Gasteiger charge is -2.41. The second kappa shape index (κ2) is 5.26. The number of hydrogen-bond donors (Lipinski definition) is 1. The summed E-state index contributed by atoms with van der Waals surface area (Å²) in [6, 6.07) is 0. The summed E-state index contributed by atoms with van der Waals surface area (Å²) >= 11 is 5.90. The molecule has 0 unspecified atom stereocenters. The first kappa shape index (κ1) is 13.3.